The van der Waals surface area contributed by atoms with Crippen LogP contribution in [-0.4, -0.2) is 25.7 Å². The molecule has 0 unspecified atom stereocenters. The van der Waals surface area contributed by atoms with Crippen LogP contribution in [0.4, 0.5) is 0 Å². The van der Waals surface area contributed by atoms with Crippen molar-refractivity contribution < 1.29 is 8.42 Å². The minimum atomic E-state index is -3.54. The summed E-state index contributed by atoms with van der Waals surface area (Å²) in [4.78, 5) is 4.89. The fourth-order valence-electron chi connectivity index (χ4n) is 1.48. The van der Waals surface area contributed by atoms with E-state index in [4.69, 9.17) is 23.2 Å². The Morgan fingerprint density at radius 1 is 1.10 bits per heavy atom. The Balaban J connectivity index is 1.85. The molecule has 0 bridgehead atoms. The second-order valence-electron chi connectivity index (χ2n) is 4.02. The highest BCUT2D eigenvalue weighted by Gasteiger charge is 2.13. The molecule has 1 N–H and O–H groups in total. The maximum atomic E-state index is 12.0. The van der Waals surface area contributed by atoms with Crippen molar-refractivity contribution in [3.05, 3.63) is 52.8 Å². The fourth-order valence-corrected chi connectivity index (χ4v) is 3.59. The van der Waals surface area contributed by atoms with E-state index in [1.54, 1.807) is 23.9 Å². The number of sulfonamides is 1. The van der Waals surface area contributed by atoms with Gasteiger partial charge in [0.25, 0.3) is 0 Å². The number of nitrogens with one attached hydrogen (secondary N) is 1. The molecule has 0 spiro atoms. The Hall–Kier alpha value is -0.790. The average Bonchev–Trinajstić information content (AvgIpc) is 2.46. The van der Waals surface area contributed by atoms with Crippen LogP contribution < -0.4 is 4.72 Å². The minimum absolute atomic E-state index is 0.100. The van der Waals surface area contributed by atoms with E-state index in [9.17, 15) is 8.42 Å². The third kappa shape index (κ3) is 5.16. The van der Waals surface area contributed by atoms with E-state index in [-0.39, 0.29) is 10.0 Å². The van der Waals surface area contributed by atoms with Gasteiger partial charge in [-0.25, -0.2) is 18.1 Å². The largest absolute Gasteiger partial charge is 0.243 e. The smallest absolute Gasteiger partial charge is 0.242 e. The summed E-state index contributed by atoms with van der Waals surface area (Å²) in [7, 11) is -3.54. The van der Waals surface area contributed by atoms with E-state index < -0.39 is 10.0 Å². The third-order valence-electron chi connectivity index (χ3n) is 2.49. The van der Waals surface area contributed by atoms with Crippen LogP contribution in [-0.2, 0) is 10.0 Å². The number of nitrogens with zero attached hydrogens (tertiary/aromatic N) is 1. The van der Waals surface area contributed by atoms with E-state index in [0.717, 1.165) is 4.90 Å². The number of halogens is 2. The van der Waals surface area contributed by atoms with Gasteiger partial charge in [0.2, 0.25) is 10.0 Å². The summed E-state index contributed by atoms with van der Waals surface area (Å²) < 4.78 is 26.5. The highest BCUT2D eigenvalue weighted by molar-refractivity contribution is 7.99. The van der Waals surface area contributed by atoms with Crippen LogP contribution in [0.15, 0.2) is 52.4 Å². The lowest BCUT2D eigenvalue weighted by Crippen LogP contribution is -2.26. The fraction of sp³-hybridized carbons (Fsp3) is 0.154. The van der Waals surface area contributed by atoms with Crippen LogP contribution in [0.5, 0.6) is 0 Å². The molecule has 112 valence electrons. The van der Waals surface area contributed by atoms with Crippen molar-refractivity contribution in [2.75, 3.05) is 12.3 Å². The van der Waals surface area contributed by atoms with Gasteiger partial charge in [-0.1, -0.05) is 23.2 Å². The topological polar surface area (TPSA) is 59.1 Å². The van der Waals surface area contributed by atoms with Crippen LogP contribution in [0.2, 0.25) is 10.2 Å². The zero-order valence-corrected chi connectivity index (χ0v) is 13.9. The van der Waals surface area contributed by atoms with Gasteiger partial charge in [-0.05, 0) is 36.4 Å². The van der Waals surface area contributed by atoms with Crippen molar-refractivity contribution in [2.45, 2.75) is 9.79 Å². The van der Waals surface area contributed by atoms with Crippen LogP contribution in [0, 0.1) is 0 Å². The first-order valence-electron chi connectivity index (χ1n) is 5.97. The summed E-state index contributed by atoms with van der Waals surface area (Å²) in [5.74, 6) is 0.613. The van der Waals surface area contributed by atoms with Crippen LogP contribution in [0.1, 0.15) is 0 Å². The van der Waals surface area contributed by atoms with Gasteiger partial charge in [0, 0.05) is 28.4 Å². The molecule has 1 heterocycles. The summed E-state index contributed by atoms with van der Waals surface area (Å²) in [6, 6.07) is 10.2. The van der Waals surface area contributed by atoms with Gasteiger partial charge in [-0.3, -0.25) is 0 Å². The molecule has 0 atom stereocenters. The molecular formula is C13H12Cl2N2O2S2. The predicted molar refractivity (Wildman–Crippen MR) is 86.6 cm³/mol. The predicted octanol–water partition coefficient (Wildman–Crippen LogP) is 3.46. The molecule has 0 aliphatic rings. The maximum absolute atomic E-state index is 12.0. The average molecular weight is 363 g/mol. The first kappa shape index (κ1) is 16.6. The Morgan fingerprint density at radius 2 is 1.81 bits per heavy atom. The van der Waals surface area contributed by atoms with Gasteiger partial charge >= 0.3 is 0 Å². The molecule has 0 aliphatic heterocycles. The van der Waals surface area contributed by atoms with Crippen molar-refractivity contribution in [1.29, 1.82) is 0 Å². The first-order valence-corrected chi connectivity index (χ1v) is 9.19. The maximum Gasteiger partial charge on any atom is 0.242 e. The summed E-state index contributed by atoms with van der Waals surface area (Å²) in [5, 5.41) is 0.933. The summed E-state index contributed by atoms with van der Waals surface area (Å²) in [6.45, 7) is 0.318. The number of pyridine rings is 1. The molecule has 0 saturated carbocycles. The number of benzene rings is 1. The highest BCUT2D eigenvalue weighted by Crippen LogP contribution is 2.20. The quantitative estimate of drug-likeness (QED) is 0.485. The molecule has 21 heavy (non-hydrogen) atoms. The molecule has 0 amide bonds. The van der Waals surface area contributed by atoms with E-state index in [0.29, 0.717) is 17.3 Å². The third-order valence-corrected chi connectivity index (χ3v) is 5.42. The first-order chi connectivity index (χ1) is 9.97. The van der Waals surface area contributed by atoms with Crippen molar-refractivity contribution >= 4 is 45.0 Å². The molecule has 4 nitrogen and oxygen atoms in total. The van der Waals surface area contributed by atoms with Gasteiger partial charge in [-0.15, -0.1) is 11.8 Å². The van der Waals surface area contributed by atoms with Crippen molar-refractivity contribution in [2.24, 2.45) is 0 Å². The number of aromatic nitrogens is 1. The van der Waals surface area contributed by atoms with Crippen molar-refractivity contribution in [3.63, 3.8) is 0 Å². The molecule has 0 radical (unpaired) electrons. The van der Waals surface area contributed by atoms with Gasteiger partial charge in [-0.2, -0.15) is 0 Å². The van der Waals surface area contributed by atoms with Gasteiger partial charge < -0.3 is 0 Å². The molecule has 0 saturated heterocycles. The Kier molecular flexibility index (Phi) is 5.89. The van der Waals surface area contributed by atoms with E-state index >= 15 is 0 Å². The second kappa shape index (κ2) is 7.47. The van der Waals surface area contributed by atoms with E-state index in [2.05, 4.69) is 9.71 Å². The van der Waals surface area contributed by atoms with E-state index in [1.807, 2.05) is 12.1 Å². The van der Waals surface area contributed by atoms with Gasteiger partial charge in [0.05, 0.1) is 0 Å². The normalized spacial score (nSPS) is 11.5. The van der Waals surface area contributed by atoms with E-state index in [1.165, 1.54) is 18.3 Å². The zero-order valence-electron chi connectivity index (χ0n) is 10.8. The summed E-state index contributed by atoms with van der Waals surface area (Å²) >= 11 is 13.0. The number of hydrogen-bond acceptors (Lipinski definition) is 4. The molecule has 8 heteroatoms. The SMILES string of the molecule is O=S(=O)(NCCSc1ccc(Cl)cc1)c1ccc(Cl)nc1. The minimum Gasteiger partial charge on any atom is -0.243 e. The Morgan fingerprint density at radius 3 is 2.43 bits per heavy atom. The number of thioether (sulfide) groups is 1. The zero-order chi connectivity index (χ0) is 15.3. The highest BCUT2D eigenvalue weighted by atomic mass is 35.5. The van der Waals surface area contributed by atoms with Gasteiger partial charge in [0.1, 0.15) is 10.0 Å². The summed E-state index contributed by atoms with van der Waals surface area (Å²) in [5.41, 5.74) is 0. The lowest BCUT2D eigenvalue weighted by Gasteiger charge is -2.06. The molecular weight excluding hydrogens is 351 g/mol. The van der Waals surface area contributed by atoms with Crippen molar-refractivity contribution in [1.82, 2.24) is 9.71 Å². The van der Waals surface area contributed by atoms with Crippen molar-refractivity contribution in [3.8, 4) is 0 Å². The monoisotopic (exact) mass is 362 g/mol. The molecule has 2 aromatic rings. The van der Waals surface area contributed by atoms with Crippen LogP contribution >= 0.6 is 35.0 Å². The molecule has 2 rings (SSSR count). The van der Waals surface area contributed by atoms with Crippen LogP contribution in [0.3, 0.4) is 0 Å². The second-order valence-corrected chi connectivity index (χ2v) is 7.78. The lowest BCUT2D eigenvalue weighted by molar-refractivity contribution is 0.584. The standard InChI is InChI=1S/C13H12Cl2N2O2S2/c14-10-1-3-11(4-2-10)20-8-7-17-21(18,19)12-5-6-13(15)16-9-12/h1-6,9,17H,7-8H2. The summed E-state index contributed by atoms with van der Waals surface area (Å²) in [6.07, 6.45) is 1.23. The lowest BCUT2D eigenvalue weighted by atomic mass is 10.4. The Bertz CT molecular complexity index is 689. The number of rotatable bonds is 6. The van der Waals surface area contributed by atoms with Crippen LogP contribution in [0.25, 0.3) is 0 Å². The molecule has 1 aromatic heterocycles. The Labute approximate surface area is 137 Å². The number of hydrogen-bond donors (Lipinski definition) is 1. The molecule has 0 fully saturated rings. The molecule has 1 aromatic carbocycles. The van der Waals surface area contributed by atoms with Gasteiger partial charge in [0.15, 0.2) is 0 Å². The molecule has 0 aliphatic carbocycles.